The number of rotatable bonds is 3. The molecule has 5 nitrogen and oxygen atoms in total. The molecule has 0 aliphatic carbocycles. The van der Waals surface area contributed by atoms with Crippen molar-refractivity contribution in [2.75, 3.05) is 26.7 Å². The molecule has 0 aromatic carbocycles. The van der Waals surface area contributed by atoms with Gasteiger partial charge in [-0.05, 0) is 17.5 Å². The van der Waals surface area contributed by atoms with E-state index in [9.17, 15) is 9.90 Å². The molecule has 1 N–H and O–H groups in total. The predicted octanol–water partition coefficient (Wildman–Crippen LogP) is 0.941. The van der Waals surface area contributed by atoms with Gasteiger partial charge in [0.15, 0.2) is 0 Å². The summed E-state index contributed by atoms with van der Waals surface area (Å²) in [6, 6.07) is 3.23. The van der Waals surface area contributed by atoms with Crippen LogP contribution in [0.1, 0.15) is 19.6 Å². The fraction of sp³-hybridized carbons (Fsp3) is 0.643. The number of furan rings is 1. The lowest BCUT2D eigenvalue weighted by atomic mass is 9.92. The van der Waals surface area contributed by atoms with Gasteiger partial charge in [-0.1, -0.05) is 13.8 Å². The van der Waals surface area contributed by atoms with Gasteiger partial charge in [0.25, 0.3) is 0 Å². The highest BCUT2D eigenvalue weighted by molar-refractivity contribution is 5.82. The zero-order chi connectivity index (χ0) is 14.0. The van der Waals surface area contributed by atoms with Crippen LogP contribution in [0.3, 0.4) is 0 Å². The van der Waals surface area contributed by atoms with Crippen molar-refractivity contribution in [1.82, 2.24) is 9.80 Å². The molecule has 1 atom stereocenters. The Kier molecular flexibility index (Phi) is 3.96. The number of nitrogens with zero attached hydrogens (tertiary/aromatic N) is 2. The third-order valence-electron chi connectivity index (χ3n) is 3.51. The van der Waals surface area contributed by atoms with E-state index < -0.39 is 6.04 Å². The standard InChI is InChI=1S/C14H22N2O3/c1-14(2)9-15(3)13(18)12(8-17)16(10-14)7-11-5-4-6-19-11/h4-6,12,17H,7-10H2,1-3H3. The third kappa shape index (κ3) is 3.16. The lowest BCUT2D eigenvalue weighted by Crippen LogP contribution is -2.46. The van der Waals surface area contributed by atoms with Gasteiger partial charge < -0.3 is 14.4 Å². The maximum Gasteiger partial charge on any atom is 0.242 e. The second-order valence-corrected chi connectivity index (χ2v) is 6.04. The topological polar surface area (TPSA) is 56.9 Å². The Labute approximate surface area is 113 Å². The van der Waals surface area contributed by atoms with Crippen LogP contribution in [0.5, 0.6) is 0 Å². The Hall–Kier alpha value is -1.33. The first kappa shape index (κ1) is 14.1. The minimum Gasteiger partial charge on any atom is -0.468 e. The van der Waals surface area contributed by atoms with Crippen LogP contribution in [0.4, 0.5) is 0 Å². The van der Waals surface area contributed by atoms with Crippen molar-refractivity contribution in [3.63, 3.8) is 0 Å². The molecule has 0 spiro atoms. The number of hydrogen-bond donors (Lipinski definition) is 1. The molecule has 0 radical (unpaired) electrons. The summed E-state index contributed by atoms with van der Waals surface area (Å²) >= 11 is 0. The molecule has 1 fully saturated rings. The molecule has 1 aromatic rings. The molecule has 1 aliphatic heterocycles. The molecular formula is C14H22N2O3. The number of amides is 1. The van der Waals surface area contributed by atoms with Crippen LogP contribution in [0.2, 0.25) is 0 Å². The first-order valence-corrected chi connectivity index (χ1v) is 6.55. The Morgan fingerprint density at radius 2 is 2.21 bits per heavy atom. The van der Waals surface area contributed by atoms with E-state index in [2.05, 4.69) is 13.8 Å². The molecule has 1 amide bonds. The number of hydrogen-bond acceptors (Lipinski definition) is 4. The van der Waals surface area contributed by atoms with Gasteiger partial charge >= 0.3 is 0 Å². The highest BCUT2D eigenvalue weighted by atomic mass is 16.3. The van der Waals surface area contributed by atoms with Crippen molar-refractivity contribution in [1.29, 1.82) is 0 Å². The first-order valence-electron chi connectivity index (χ1n) is 6.55. The molecule has 106 valence electrons. The number of carbonyl (C=O) groups excluding carboxylic acids is 1. The summed E-state index contributed by atoms with van der Waals surface area (Å²) in [6.07, 6.45) is 1.63. The van der Waals surface area contributed by atoms with Crippen LogP contribution >= 0.6 is 0 Å². The average Bonchev–Trinajstić information content (AvgIpc) is 2.78. The van der Waals surface area contributed by atoms with Crippen LogP contribution in [0.15, 0.2) is 22.8 Å². The summed E-state index contributed by atoms with van der Waals surface area (Å²) in [5.41, 5.74) is -0.0130. The summed E-state index contributed by atoms with van der Waals surface area (Å²) in [6.45, 7) is 6.07. The molecular weight excluding hydrogens is 244 g/mol. The highest BCUT2D eigenvalue weighted by Crippen LogP contribution is 2.25. The van der Waals surface area contributed by atoms with Crippen LogP contribution in [-0.2, 0) is 11.3 Å². The van der Waals surface area contributed by atoms with E-state index >= 15 is 0 Å². The molecule has 2 rings (SSSR count). The minimum atomic E-state index is -0.489. The van der Waals surface area contributed by atoms with Gasteiger partial charge in [-0.2, -0.15) is 0 Å². The molecule has 19 heavy (non-hydrogen) atoms. The Morgan fingerprint density at radius 1 is 1.47 bits per heavy atom. The van der Waals surface area contributed by atoms with E-state index in [1.807, 2.05) is 17.0 Å². The quantitative estimate of drug-likeness (QED) is 0.884. The lowest BCUT2D eigenvalue weighted by Gasteiger charge is -2.31. The van der Waals surface area contributed by atoms with Gasteiger partial charge in [0.2, 0.25) is 5.91 Å². The smallest absolute Gasteiger partial charge is 0.242 e. The van der Waals surface area contributed by atoms with Gasteiger partial charge in [-0.15, -0.1) is 0 Å². The molecule has 1 unspecified atom stereocenters. The van der Waals surface area contributed by atoms with Crippen LogP contribution in [0.25, 0.3) is 0 Å². The summed E-state index contributed by atoms with van der Waals surface area (Å²) in [5.74, 6) is 0.784. The van der Waals surface area contributed by atoms with E-state index in [4.69, 9.17) is 4.42 Å². The highest BCUT2D eigenvalue weighted by Gasteiger charge is 2.37. The summed E-state index contributed by atoms with van der Waals surface area (Å²) in [4.78, 5) is 16.0. The van der Waals surface area contributed by atoms with Gasteiger partial charge in [-0.3, -0.25) is 9.69 Å². The Bertz CT molecular complexity index is 428. The van der Waals surface area contributed by atoms with Gasteiger partial charge in [0, 0.05) is 20.1 Å². The normalized spacial score (nSPS) is 24.5. The zero-order valence-electron chi connectivity index (χ0n) is 11.8. The van der Waals surface area contributed by atoms with E-state index in [-0.39, 0.29) is 17.9 Å². The van der Waals surface area contributed by atoms with Crippen molar-refractivity contribution in [2.45, 2.75) is 26.4 Å². The fourth-order valence-corrected chi connectivity index (χ4v) is 2.80. The molecule has 1 aromatic heterocycles. The summed E-state index contributed by atoms with van der Waals surface area (Å²) in [7, 11) is 1.79. The Balaban J connectivity index is 2.23. The number of aliphatic hydroxyl groups excluding tert-OH is 1. The number of aliphatic hydroxyl groups is 1. The molecule has 5 heteroatoms. The number of likely N-dealkylation sites (N-methyl/N-ethyl adjacent to an activating group) is 1. The largest absolute Gasteiger partial charge is 0.468 e. The third-order valence-corrected chi connectivity index (χ3v) is 3.51. The number of carbonyl (C=O) groups is 1. The zero-order valence-corrected chi connectivity index (χ0v) is 11.8. The SMILES string of the molecule is CN1CC(C)(C)CN(Cc2ccco2)C(CO)C1=O. The van der Waals surface area contributed by atoms with Crippen molar-refractivity contribution >= 4 is 5.91 Å². The predicted molar refractivity (Wildman–Crippen MR) is 71.4 cm³/mol. The van der Waals surface area contributed by atoms with Crippen LogP contribution < -0.4 is 0 Å². The maximum atomic E-state index is 12.3. The monoisotopic (exact) mass is 266 g/mol. The van der Waals surface area contributed by atoms with Crippen molar-refractivity contribution in [3.05, 3.63) is 24.2 Å². The minimum absolute atomic E-state index is 0.0130. The summed E-state index contributed by atoms with van der Waals surface area (Å²) < 4.78 is 5.35. The maximum absolute atomic E-state index is 12.3. The molecule has 1 aliphatic rings. The van der Waals surface area contributed by atoms with Crippen LogP contribution in [0, 0.1) is 5.41 Å². The van der Waals surface area contributed by atoms with Crippen molar-refractivity contribution < 1.29 is 14.3 Å². The molecule has 0 bridgehead atoms. The molecule has 2 heterocycles. The van der Waals surface area contributed by atoms with Gasteiger partial charge in [0.1, 0.15) is 11.8 Å². The van der Waals surface area contributed by atoms with E-state index in [0.717, 1.165) is 12.3 Å². The van der Waals surface area contributed by atoms with Crippen molar-refractivity contribution in [2.24, 2.45) is 5.41 Å². The van der Waals surface area contributed by atoms with E-state index in [0.29, 0.717) is 13.1 Å². The summed E-state index contributed by atoms with van der Waals surface area (Å²) in [5, 5.41) is 9.55. The van der Waals surface area contributed by atoms with Crippen molar-refractivity contribution in [3.8, 4) is 0 Å². The average molecular weight is 266 g/mol. The Morgan fingerprint density at radius 3 is 2.79 bits per heavy atom. The fourth-order valence-electron chi connectivity index (χ4n) is 2.80. The lowest BCUT2D eigenvalue weighted by molar-refractivity contribution is -0.135. The van der Waals surface area contributed by atoms with Gasteiger partial charge in [0.05, 0.1) is 19.4 Å². The molecule has 1 saturated heterocycles. The van der Waals surface area contributed by atoms with E-state index in [1.165, 1.54) is 0 Å². The molecule has 0 saturated carbocycles. The second kappa shape index (κ2) is 5.35. The second-order valence-electron chi connectivity index (χ2n) is 6.04. The first-order chi connectivity index (χ1) is 8.93. The van der Waals surface area contributed by atoms with E-state index in [1.54, 1.807) is 18.2 Å². The van der Waals surface area contributed by atoms with Gasteiger partial charge in [-0.25, -0.2) is 0 Å². The van der Waals surface area contributed by atoms with Crippen LogP contribution in [-0.4, -0.2) is 53.6 Å².